The van der Waals surface area contributed by atoms with E-state index in [1.807, 2.05) is 6.92 Å². The van der Waals surface area contributed by atoms with Gasteiger partial charge in [0.15, 0.2) is 0 Å². The van der Waals surface area contributed by atoms with Crippen molar-refractivity contribution in [2.75, 3.05) is 31.2 Å². The van der Waals surface area contributed by atoms with Gasteiger partial charge in [0.05, 0.1) is 13.2 Å². The summed E-state index contributed by atoms with van der Waals surface area (Å²) in [5, 5.41) is 0. The van der Waals surface area contributed by atoms with E-state index in [0.717, 1.165) is 37.1 Å². The molecule has 2 aromatic carbocycles. The number of carbonyl (C=O) groups excluding carboxylic acids is 2. The van der Waals surface area contributed by atoms with Crippen LogP contribution in [0.5, 0.6) is 5.75 Å². The normalized spacial score (nSPS) is 17.6. The van der Waals surface area contributed by atoms with Crippen molar-refractivity contribution in [3.63, 3.8) is 0 Å². The summed E-state index contributed by atoms with van der Waals surface area (Å²) in [6.45, 7) is 6.45. The van der Waals surface area contributed by atoms with Crippen LogP contribution in [0.2, 0.25) is 0 Å². The van der Waals surface area contributed by atoms with Crippen LogP contribution in [0.1, 0.15) is 99.2 Å². The minimum atomic E-state index is -0.682. The number of anilines is 1. The summed E-state index contributed by atoms with van der Waals surface area (Å²) < 4.78 is 11.0. The van der Waals surface area contributed by atoms with Gasteiger partial charge in [-0.15, -0.1) is 0 Å². The lowest BCUT2D eigenvalue weighted by atomic mass is 9.84. The topological polar surface area (TPSA) is 68.2 Å². The number of rotatable bonds is 11. The summed E-state index contributed by atoms with van der Waals surface area (Å²) in [7, 11) is 0. The first-order chi connectivity index (χ1) is 18.6. The van der Waals surface area contributed by atoms with Crippen molar-refractivity contribution in [3.8, 4) is 5.75 Å². The number of nitrogens with zero attached hydrogens (tertiary/aromatic N) is 2. The molecule has 2 aromatic rings. The fourth-order valence-electron chi connectivity index (χ4n) is 5.75. The number of benzene rings is 2. The maximum Gasteiger partial charge on any atom is 0.341 e. The highest BCUT2D eigenvalue weighted by Gasteiger charge is 2.24. The van der Waals surface area contributed by atoms with Crippen molar-refractivity contribution in [1.82, 2.24) is 0 Å². The van der Waals surface area contributed by atoms with E-state index >= 15 is 0 Å². The molecule has 6 heteroatoms. The number of aldehydes is 1. The average molecular weight is 519 g/mol. The van der Waals surface area contributed by atoms with E-state index in [2.05, 4.69) is 29.2 Å². The van der Waals surface area contributed by atoms with Gasteiger partial charge in [0, 0.05) is 30.1 Å². The van der Waals surface area contributed by atoms with Crippen LogP contribution >= 0.6 is 0 Å². The highest BCUT2D eigenvalue weighted by atomic mass is 16.5. The molecule has 1 saturated heterocycles. The molecular formula is C32H42N2O4. The summed E-state index contributed by atoms with van der Waals surface area (Å²) in [6, 6.07) is 13.1. The van der Waals surface area contributed by atoms with Crippen LogP contribution in [0.4, 0.5) is 5.69 Å². The molecule has 2 fully saturated rings. The minimum Gasteiger partial charge on any atom is -0.493 e. The molecule has 1 heterocycles. The van der Waals surface area contributed by atoms with E-state index in [9.17, 15) is 9.59 Å². The van der Waals surface area contributed by atoms with Crippen LogP contribution in [-0.2, 0) is 9.53 Å². The third-order valence-electron chi connectivity index (χ3n) is 7.68. The number of ether oxygens (including phenoxy) is 2. The SMILES string of the molecule is CCOC(=O)c1ccc(C(C=O)N=C(CC2CCCCC2)c2ccccc2N2CCCCC2)cc1OCC. The molecule has 1 atom stereocenters. The molecule has 204 valence electrons. The second-order valence-electron chi connectivity index (χ2n) is 10.3. The number of aliphatic imine (C=N–C) groups is 1. The molecule has 0 amide bonds. The zero-order valence-electron chi connectivity index (χ0n) is 23.0. The molecule has 38 heavy (non-hydrogen) atoms. The highest BCUT2D eigenvalue weighted by Crippen LogP contribution is 2.33. The van der Waals surface area contributed by atoms with Gasteiger partial charge in [0.25, 0.3) is 0 Å². The molecule has 1 unspecified atom stereocenters. The van der Waals surface area contributed by atoms with E-state index in [-0.39, 0.29) is 6.61 Å². The quantitative estimate of drug-likeness (QED) is 0.183. The fourth-order valence-corrected chi connectivity index (χ4v) is 5.75. The molecule has 1 aliphatic heterocycles. The lowest BCUT2D eigenvalue weighted by molar-refractivity contribution is -0.108. The Morgan fingerprint density at radius 3 is 2.42 bits per heavy atom. The van der Waals surface area contributed by atoms with E-state index in [1.165, 1.54) is 57.1 Å². The van der Waals surface area contributed by atoms with Crippen LogP contribution in [0.25, 0.3) is 0 Å². The van der Waals surface area contributed by atoms with Gasteiger partial charge in [-0.2, -0.15) is 0 Å². The zero-order chi connectivity index (χ0) is 26.7. The fraction of sp³-hybridized carbons (Fsp3) is 0.531. The maximum absolute atomic E-state index is 12.5. The van der Waals surface area contributed by atoms with Gasteiger partial charge in [0.1, 0.15) is 23.6 Å². The lowest BCUT2D eigenvalue weighted by Crippen LogP contribution is -2.31. The number of hydrogen-bond acceptors (Lipinski definition) is 6. The minimum absolute atomic E-state index is 0.286. The third-order valence-corrected chi connectivity index (χ3v) is 7.68. The van der Waals surface area contributed by atoms with Gasteiger partial charge < -0.3 is 19.2 Å². The molecule has 1 aliphatic carbocycles. The number of piperidine rings is 1. The van der Waals surface area contributed by atoms with Crippen LogP contribution in [0.3, 0.4) is 0 Å². The van der Waals surface area contributed by atoms with E-state index in [0.29, 0.717) is 29.4 Å². The van der Waals surface area contributed by atoms with Crippen molar-refractivity contribution >= 4 is 23.7 Å². The first-order valence-electron chi connectivity index (χ1n) is 14.4. The maximum atomic E-state index is 12.5. The lowest BCUT2D eigenvalue weighted by Gasteiger charge is -2.32. The Balaban J connectivity index is 1.73. The number of para-hydroxylation sites is 1. The van der Waals surface area contributed by atoms with Crippen LogP contribution in [0, 0.1) is 5.92 Å². The van der Waals surface area contributed by atoms with Gasteiger partial charge in [-0.1, -0.05) is 56.4 Å². The molecule has 4 rings (SSSR count). The smallest absolute Gasteiger partial charge is 0.341 e. The monoisotopic (exact) mass is 518 g/mol. The molecule has 0 aromatic heterocycles. The predicted octanol–water partition coefficient (Wildman–Crippen LogP) is 6.95. The summed E-state index contributed by atoms with van der Waals surface area (Å²) >= 11 is 0. The highest BCUT2D eigenvalue weighted by molar-refractivity contribution is 6.06. The van der Waals surface area contributed by atoms with Gasteiger partial charge in [-0.25, -0.2) is 4.79 Å². The van der Waals surface area contributed by atoms with Gasteiger partial charge in [0.2, 0.25) is 0 Å². The first-order valence-corrected chi connectivity index (χ1v) is 14.4. The summed E-state index contributed by atoms with van der Waals surface area (Å²) in [5.41, 5.74) is 4.44. The van der Waals surface area contributed by atoms with Crippen LogP contribution in [-0.4, -0.2) is 44.3 Å². The van der Waals surface area contributed by atoms with E-state index < -0.39 is 12.0 Å². The van der Waals surface area contributed by atoms with Gasteiger partial charge >= 0.3 is 5.97 Å². The Kier molecular flexibility index (Phi) is 10.4. The molecule has 0 spiro atoms. The summed E-state index contributed by atoms with van der Waals surface area (Å²) in [5.74, 6) is 0.574. The van der Waals surface area contributed by atoms with Gasteiger partial charge in [-0.3, -0.25) is 4.99 Å². The standard InChI is InChI=1S/C32H42N2O4/c1-3-37-31-22-25(17-18-27(31)32(36)38-4-2)29(23-35)33-28(21-24-13-7-5-8-14-24)26-15-9-10-16-30(26)34-19-11-6-12-20-34/h9-10,15-18,22-24,29H,3-8,11-14,19-21H2,1-2H3. The van der Waals surface area contributed by atoms with E-state index in [1.54, 1.807) is 25.1 Å². The van der Waals surface area contributed by atoms with Crippen LogP contribution < -0.4 is 9.64 Å². The van der Waals surface area contributed by atoms with Crippen molar-refractivity contribution in [2.24, 2.45) is 10.9 Å². The van der Waals surface area contributed by atoms with E-state index in [4.69, 9.17) is 14.5 Å². The second-order valence-corrected chi connectivity index (χ2v) is 10.3. The molecular weight excluding hydrogens is 476 g/mol. The Morgan fingerprint density at radius 1 is 0.974 bits per heavy atom. The third kappa shape index (κ3) is 7.03. The Hall–Kier alpha value is -3.15. The molecule has 2 aliphatic rings. The number of esters is 1. The predicted molar refractivity (Wildman–Crippen MR) is 153 cm³/mol. The first kappa shape index (κ1) is 27.9. The average Bonchev–Trinajstić information content (AvgIpc) is 2.96. The van der Waals surface area contributed by atoms with Crippen molar-refractivity contribution in [3.05, 3.63) is 59.2 Å². The van der Waals surface area contributed by atoms with Crippen molar-refractivity contribution in [1.29, 1.82) is 0 Å². The Labute approximate surface area is 227 Å². The number of hydrogen-bond donors (Lipinski definition) is 0. The number of carbonyl (C=O) groups is 2. The Morgan fingerprint density at radius 2 is 1.71 bits per heavy atom. The summed E-state index contributed by atoms with van der Waals surface area (Å²) in [4.78, 5) is 32.6. The largest absolute Gasteiger partial charge is 0.493 e. The molecule has 1 saturated carbocycles. The zero-order valence-corrected chi connectivity index (χ0v) is 23.0. The van der Waals surface area contributed by atoms with Gasteiger partial charge in [-0.05, 0) is 69.2 Å². The Bertz CT molecular complexity index is 1100. The van der Waals surface area contributed by atoms with Crippen molar-refractivity contribution < 1.29 is 19.1 Å². The van der Waals surface area contributed by atoms with Crippen molar-refractivity contribution in [2.45, 2.75) is 77.7 Å². The molecule has 0 bridgehead atoms. The summed E-state index contributed by atoms with van der Waals surface area (Å²) in [6.07, 6.45) is 11.7. The molecule has 6 nitrogen and oxygen atoms in total. The molecule has 0 radical (unpaired) electrons. The second kappa shape index (κ2) is 14.1. The van der Waals surface area contributed by atoms with Crippen LogP contribution in [0.15, 0.2) is 47.5 Å². The molecule has 0 N–H and O–H groups in total.